The van der Waals surface area contributed by atoms with Crippen molar-refractivity contribution in [2.45, 2.75) is 25.3 Å². The summed E-state index contributed by atoms with van der Waals surface area (Å²) >= 11 is 18.4. The van der Waals surface area contributed by atoms with Gasteiger partial charge in [-0.05, 0) is 31.9 Å². The van der Waals surface area contributed by atoms with Crippen molar-refractivity contribution in [2.24, 2.45) is 5.73 Å². The first-order chi connectivity index (χ1) is 10.9. The Bertz CT molecular complexity index is 761. The monoisotopic (exact) mass is 374 g/mol. The average Bonchev–Trinajstić information content (AvgIpc) is 3.05. The topological polar surface area (TPSA) is 78.3 Å². The van der Waals surface area contributed by atoms with Crippen LogP contribution in [0.5, 0.6) is 0 Å². The minimum atomic E-state index is -0.696. The summed E-state index contributed by atoms with van der Waals surface area (Å²) in [6.07, 6.45) is 1.41. The molecule has 5 nitrogen and oxygen atoms in total. The van der Waals surface area contributed by atoms with Gasteiger partial charge in [-0.15, -0.1) is 0 Å². The summed E-state index contributed by atoms with van der Waals surface area (Å²) in [4.78, 5) is 12.4. The SMILES string of the molecule is CCOC(=O)c1c(-c2c(Cl)cc(Cl)cc2Cl)noc1C1(N)CC1. The molecule has 1 fully saturated rings. The first-order valence-corrected chi connectivity index (χ1v) is 8.12. The van der Waals surface area contributed by atoms with Gasteiger partial charge < -0.3 is 15.0 Å². The Labute approximate surface area is 147 Å². The molecule has 1 aliphatic carbocycles. The molecule has 0 unspecified atom stereocenters. The molecular formula is C15H13Cl3N2O3. The first kappa shape index (κ1) is 16.6. The summed E-state index contributed by atoms with van der Waals surface area (Å²) in [5.74, 6) is -0.273. The molecule has 2 aromatic rings. The van der Waals surface area contributed by atoms with E-state index >= 15 is 0 Å². The molecule has 1 heterocycles. The third-order valence-electron chi connectivity index (χ3n) is 3.66. The van der Waals surface area contributed by atoms with E-state index in [-0.39, 0.29) is 27.9 Å². The lowest BCUT2D eigenvalue weighted by Crippen LogP contribution is -2.22. The molecule has 23 heavy (non-hydrogen) atoms. The molecule has 8 heteroatoms. The Morgan fingerprint density at radius 2 is 1.96 bits per heavy atom. The lowest BCUT2D eigenvalue weighted by atomic mass is 10.0. The van der Waals surface area contributed by atoms with Crippen molar-refractivity contribution in [1.82, 2.24) is 5.16 Å². The summed E-state index contributed by atoms with van der Waals surface area (Å²) in [5, 5.41) is 4.88. The Morgan fingerprint density at radius 1 is 1.35 bits per heavy atom. The quantitative estimate of drug-likeness (QED) is 0.800. The van der Waals surface area contributed by atoms with E-state index < -0.39 is 11.5 Å². The Hall–Kier alpha value is -1.27. The number of nitrogens with zero attached hydrogens (tertiary/aromatic N) is 1. The smallest absolute Gasteiger partial charge is 0.344 e. The van der Waals surface area contributed by atoms with Gasteiger partial charge in [-0.1, -0.05) is 40.0 Å². The van der Waals surface area contributed by atoms with Gasteiger partial charge in [0, 0.05) is 10.6 Å². The minimum Gasteiger partial charge on any atom is -0.462 e. The van der Waals surface area contributed by atoms with E-state index in [9.17, 15) is 4.79 Å². The van der Waals surface area contributed by atoms with E-state index in [1.807, 2.05) is 0 Å². The number of aromatic nitrogens is 1. The van der Waals surface area contributed by atoms with Gasteiger partial charge in [0.15, 0.2) is 5.76 Å². The fourth-order valence-corrected chi connectivity index (χ4v) is 3.32. The zero-order valence-electron chi connectivity index (χ0n) is 12.2. The first-order valence-electron chi connectivity index (χ1n) is 6.98. The number of halogens is 3. The average molecular weight is 376 g/mol. The number of ether oxygens (including phenoxy) is 1. The standard InChI is InChI=1S/C15H13Cl3N2O3/c1-2-22-14(21)11-12(20-23-13(11)15(19)3-4-15)10-8(17)5-7(16)6-9(10)18/h5-6H,2-4,19H2,1H3. The van der Waals surface area contributed by atoms with Crippen LogP contribution in [0.2, 0.25) is 15.1 Å². The van der Waals surface area contributed by atoms with Crippen LogP contribution >= 0.6 is 34.8 Å². The number of hydrogen-bond acceptors (Lipinski definition) is 5. The predicted molar refractivity (Wildman–Crippen MR) is 88.0 cm³/mol. The van der Waals surface area contributed by atoms with Gasteiger partial charge in [-0.25, -0.2) is 4.79 Å². The summed E-state index contributed by atoms with van der Waals surface area (Å²) in [7, 11) is 0. The Balaban J connectivity index is 2.21. The van der Waals surface area contributed by atoms with Crippen molar-refractivity contribution < 1.29 is 14.1 Å². The molecule has 0 saturated heterocycles. The molecule has 2 N–H and O–H groups in total. The molecule has 1 saturated carbocycles. The van der Waals surface area contributed by atoms with Gasteiger partial charge in [0.1, 0.15) is 11.3 Å². The van der Waals surface area contributed by atoms with Crippen molar-refractivity contribution in [2.75, 3.05) is 6.61 Å². The van der Waals surface area contributed by atoms with Crippen LogP contribution in [0.25, 0.3) is 11.3 Å². The lowest BCUT2D eigenvalue weighted by molar-refractivity contribution is 0.0523. The molecule has 0 spiro atoms. The second kappa shape index (κ2) is 5.98. The highest BCUT2D eigenvalue weighted by Gasteiger charge is 2.48. The van der Waals surface area contributed by atoms with Crippen LogP contribution in [0.3, 0.4) is 0 Å². The van der Waals surface area contributed by atoms with Crippen LogP contribution in [-0.4, -0.2) is 17.7 Å². The summed E-state index contributed by atoms with van der Waals surface area (Å²) in [6.45, 7) is 1.92. The van der Waals surface area contributed by atoms with E-state index in [1.54, 1.807) is 6.92 Å². The predicted octanol–water partition coefficient (Wildman–Crippen LogP) is 4.43. The van der Waals surface area contributed by atoms with Crippen LogP contribution in [0, 0.1) is 0 Å². The third kappa shape index (κ3) is 2.94. The second-order valence-electron chi connectivity index (χ2n) is 5.36. The number of nitrogens with two attached hydrogens (primary N) is 1. The summed E-state index contributed by atoms with van der Waals surface area (Å²) in [5.41, 5.74) is 6.21. The minimum absolute atomic E-state index is 0.165. The highest BCUT2D eigenvalue weighted by Crippen LogP contribution is 2.48. The van der Waals surface area contributed by atoms with E-state index in [4.69, 9.17) is 49.8 Å². The normalized spacial score (nSPS) is 15.5. The molecule has 3 rings (SSSR count). The number of hydrogen-bond donors (Lipinski definition) is 1. The van der Waals surface area contributed by atoms with Crippen LogP contribution in [0.1, 0.15) is 35.9 Å². The molecule has 0 bridgehead atoms. The molecular weight excluding hydrogens is 363 g/mol. The number of rotatable bonds is 4. The maximum Gasteiger partial charge on any atom is 0.344 e. The van der Waals surface area contributed by atoms with Gasteiger partial charge in [0.25, 0.3) is 0 Å². The highest BCUT2D eigenvalue weighted by atomic mass is 35.5. The van der Waals surface area contributed by atoms with Gasteiger partial charge in [-0.3, -0.25) is 0 Å². The van der Waals surface area contributed by atoms with Crippen LogP contribution < -0.4 is 5.73 Å². The van der Waals surface area contributed by atoms with Crippen molar-refractivity contribution in [1.29, 1.82) is 0 Å². The van der Waals surface area contributed by atoms with Gasteiger partial charge in [-0.2, -0.15) is 0 Å². The molecule has 122 valence electrons. The molecule has 0 aliphatic heterocycles. The number of benzene rings is 1. The molecule has 1 aliphatic rings. The van der Waals surface area contributed by atoms with Crippen LogP contribution in [0.4, 0.5) is 0 Å². The van der Waals surface area contributed by atoms with Gasteiger partial charge in [0.05, 0.1) is 22.2 Å². The van der Waals surface area contributed by atoms with E-state index in [2.05, 4.69) is 5.16 Å². The number of esters is 1. The van der Waals surface area contributed by atoms with Crippen molar-refractivity contribution in [3.05, 3.63) is 38.5 Å². The van der Waals surface area contributed by atoms with E-state index in [1.165, 1.54) is 12.1 Å². The zero-order chi connectivity index (χ0) is 16.8. The zero-order valence-corrected chi connectivity index (χ0v) is 14.4. The van der Waals surface area contributed by atoms with Crippen molar-refractivity contribution in [3.63, 3.8) is 0 Å². The molecule has 0 radical (unpaired) electrons. The molecule has 0 atom stereocenters. The number of carbonyl (C=O) groups excluding carboxylic acids is 1. The maximum absolute atomic E-state index is 12.4. The molecule has 1 aromatic carbocycles. The highest BCUT2D eigenvalue weighted by molar-refractivity contribution is 6.42. The fourth-order valence-electron chi connectivity index (χ4n) is 2.32. The largest absolute Gasteiger partial charge is 0.462 e. The molecule has 1 aromatic heterocycles. The van der Waals surface area contributed by atoms with Crippen LogP contribution in [-0.2, 0) is 10.3 Å². The van der Waals surface area contributed by atoms with Gasteiger partial charge in [0.2, 0.25) is 0 Å². The van der Waals surface area contributed by atoms with E-state index in [0.29, 0.717) is 29.2 Å². The van der Waals surface area contributed by atoms with Crippen LogP contribution in [0.15, 0.2) is 16.7 Å². The van der Waals surface area contributed by atoms with Crippen molar-refractivity contribution >= 4 is 40.8 Å². The fraction of sp³-hybridized carbons (Fsp3) is 0.333. The number of carbonyl (C=O) groups is 1. The summed E-state index contributed by atoms with van der Waals surface area (Å²) < 4.78 is 10.5. The maximum atomic E-state index is 12.4. The van der Waals surface area contributed by atoms with Crippen molar-refractivity contribution in [3.8, 4) is 11.3 Å². The molecule has 0 amide bonds. The van der Waals surface area contributed by atoms with E-state index in [0.717, 1.165) is 0 Å². The van der Waals surface area contributed by atoms with Gasteiger partial charge >= 0.3 is 5.97 Å². The summed E-state index contributed by atoms with van der Waals surface area (Å²) in [6, 6.07) is 3.03. The third-order valence-corrected chi connectivity index (χ3v) is 4.47. The lowest BCUT2D eigenvalue weighted by Gasteiger charge is -2.09. The second-order valence-corrected chi connectivity index (χ2v) is 6.61. The Morgan fingerprint density at radius 3 is 2.48 bits per heavy atom. The Kier molecular flexibility index (Phi) is 4.31.